The van der Waals surface area contributed by atoms with Gasteiger partial charge in [-0.1, -0.05) is 43.6 Å². The van der Waals surface area contributed by atoms with Crippen molar-refractivity contribution in [3.05, 3.63) is 34.9 Å². The topological polar surface area (TPSA) is 41.6 Å². The molecule has 1 rings (SSSR count). The fraction of sp³-hybridized carbons (Fsp3) is 0.533. The number of nitrogens with one attached hydrogen (secondary N) is 1. The molecule has 1 unspecified atom stereocenters. The van der Waals surface area contributed by atoms with E-state index in [0.29, 0.717) is 11.6 Å². The van der Waals surface area contributed by atoms with Crippen LogP contribution in [0.25, 0.3) is 0 Å². The molecule has 1 aromatic carbocycles. The molecule has 1 N–H and O–H groups in total. The molecule has 0 aliphatic rings. The second-order valence-electron chi connectivity index (χ2n) is 4.46. The Kier molecular flexibility index (Phi) is 7.59. The average Bonchev–Trinajstić information content (AvgIpc) is 2.48. The molecule has 20 heavy (non-hydrogen) atoms. The van der Waals surface area contributed by atoms with E-state index in [1.54, 1.807) is 6.07 Å². The maximum absolute atomic E-state index is 11.9. The van der Waals surface area contributed by atoms with E-state index in [1.807, 2.05) is 18.2 Å². The van der Waals surface area contributed by atoms with Crippen molar-refractivity contribution in [1.82, 2.24) is 10.2 Å². The molecule has 0 amide bonds. The van der Waals surface area contributed by atoms with E-state index in [-0.39, 0.29) is 5.97 Å². The van der Waals surface area contributed by atoms with Crippen LogP contribution in [0.15, 0.2) is 24.3 Å². The van der Waals surface area contributed by atoms with Gasteiger partial charge in [-0.3, -0.25) is 5.32 Å². The highest BCUT2D eigenvalue weighted by atomic mass is 35.5. The lowest BCUT2D eigenvalue weighted by Gasteiger charge is -2.22. The van der Waals surface area contributed by atoms with Crippen molar-refractivity contribution in [3.8, 4) is 0 Å². The summed E-state index contributed by atoms with van der Waals surface area (Å²) in [5.74, 6) is -0.322. The number of methoxy groups -OCH3 is 1. The molecule has 0 radical (unpaired) electrons. The number of rotatable bonds is 8. The van der Waals surface area contributed by atoms with Crippen LogP contribution in [0.5, 0.6) is 0 Å². The average molecular weight is 299 g/mol. The predicted octanol–water partition coefficient (Wildman–Crippen LogP) is 2.49. The van der Waals surface area contributed by atoms with E-state index in [4.69, 9.17) is 16.3 Å². The van der Waals surface area contributed by atoms with E-state index in [2.05, 4.69) is 24.1 Å². The van der Waals surface area contributed by atoms with E-state index in [0.717, 1.165) is 25.2 Å². The van der Waals surface area contributed by atoms with Crippen LogP contribution in [-0.4, -0.2) is 44.2 Å². The van der Waals surface area contributed by atoms with Crippen molar-refractivity contribution < 1.29 is 9.53 Å². The van der Waals surface area contributed by atoms with Gasteiger partial charge in [0.2, 0.25) is 0 Å². The van der Waals surface area contributed by atoms with Crippen LogP contribution in [0.2, 0.25) is 5.02 Å². The highest BCUT2D eigenvalue weighted by Crippen LogP contribution is 2.23. The van der Waals surface area contributed by atoms with Gasteiger partial charge in [0.15, 0.2) is 0 Å². The second kappa shape index (κ2) is 8.95. The number of benzene rings is 1. The SMILES string of the molecule is CCN(CC)CCNC(C(=O)OC)c1ccccc1Cl. The lowest BCUT2D eigenvalue weighted by atomic mass is 10.1. The molecule has 5 heteroatoms. The molecule has 1 atom stereocenters. The van der Waals surface area contributed by atoms with E-state index in [9.17, 15) is 4.79 Å². The molecule has 4 nitrogen and oxygen atoms in total. The highest BCUT2D eigenvalue weighted by molar-refractivity contribution is 6.31. The smallest absolute Gasteiger partial charge is 0.327 e. The second-order valence-corrected chi connectivity index (χ2v) is 4.87. The summed E-state index contributed by atoms with van der Waals surface area (Å²) in [7, 11) is 1.39. The Balaban J connectivity index is 2.72. The lowest BCUT2D eigenvalue weighted by Crippen LogP contribution is -2.37. The summed E-state index contributed by atoms with van der Waals surface area (Å²) in [5.41, 5.74) is 0.751. The van der Waals surface area contributed by atoms with Crippen LogP contribution in [0.1, 0.15) is 25.5 Å². The van der Waals surface area contributed by atoms with Gasteiger partial charge >= 0.3 is 5.97 Å². The van der Waals surface area contributed by atoms with E-state index >= 15 is 0 Å². The Labute approximate surface area is 126 Å². The molecule has 0 fully saturated rings. The maximum atomic E-state index is 11.9. The first-order chi connectivity index (χ1) is 9.63. The van der Waals surface area contributed by atoms with Gasteiger partial charge in [0.25, 0.3) is 0 Å². The van der Waals surface area contributed by atoms with Crippen LogP contribution in [-0.2, 0) is 9.53 Å². The molecule has 0 heterocycles. The van der Waals surface area contributed by atoms with Crippen molar-refractivity contribution in [2.75, 3.05) is 33.3 Å². The van der Waals surface area contributed by atoms with Crippen LogP contribution >= 0.6 is 11.6 Å². The molecular formula is C15H23ClN2O2. The number of carbonyl (C=O) groups is 1. The molecule has 0 aliphatic heterocycles. The minimum absolute atomic E-state index is 0.322. The Morgan fingerprint density at radius 2 is 2.00 bits per heavy atom. The van der Waals surface area contributed by atoms with Gasteiger partial charge < -0.3 is 9.64 Å². The molecule has 0 aliphatic carbocycles. The minimum atomic E-state index is -0.524. The Morgan fingerprint density at radius 3 is 2.55 bits per heavy atom. The molecule has 0 aromatic heterocycles. The van der Waals surface area contributed by atoms with Crippen molar-refractivity contribution in [3.63, 3.8) is 0 Å². The van der Waals surface area contributed by atoms with Gasteiger partial charge in [0.1, 0.15) is 6.04 Å². The molecule has 0 saturated heterocycles. The largest absolute Gasteiger partial charge is 0.468 e. The minimum Gasteiger partial charge on any atom is -0.468 e. The summed E-state index contributed by atoms with van der Waals surface area (Å²) in [4.78, 5) is 14.2. The molecule has 112 valence electrons. The lowest BCUT2D eigenvalue weighted by molar-refractivity contribution is -0.143. The number of hydrogen-bond acceptors (Lipinski definition) is 4. The quantitative estimate of drug-likeness (QED) is 0.749. The first-order valence-electron chi connectivity index (χ1n) is 6.92. The number of likely N-dealkylation sites (N-methyl/N-ethyl adjacent to an activating group) is 1. The summed E-state index contributed by atoms with van der Waals surface area (Å²) in [6.07, 6.45) is 0. The summed E-state index contributed by atoms with van der Waals surface area (Å²) < 4.78 is 4.86. The zero-order chi connectivity index (χ0) is 15.0. The number of carbonyl (C=O) groups excluding carboxylic acids is 1. The molecule has 0 spiro atoms. The molecular weight excluding hydrogens is 276 g/mol. The van der Waals surface area contributed by atoms with Crippen LogP contribution in [0, 0.1) is 0 Å². The predicted molar refractivity (Wildman–Crippen MR) is 82.0 cm³/mol. The third-order valence-electron chi connectivity index (χ3n) is 3.32. The monoisotopic (exact) mass is 298 g/mol. The van der Waals surface area contributed by atoms with Crippen LogP contribution in [0.3, 0.4) is 0 Å². The standard InChI is InChI=1S/C15H23ClN2O2/c1-4-18(5-2)11-10-17-14(15(19)20-3)12-8-6-7-9-13(12)16/h6-9,14,17H,4-5,10-11H2,1-3H3. The summed E-state index contributed by atoms with van der Waals surface area (Å²) >= 11 is 6.16. The van der Waals surface area contributed by atoms with E-state index < -0.39 is 6.04 Å². The Morgan fingerprint density at radius 1 is 1.35 bits per heavy atom. The van der Waals surface area contributed by atoms with Gasteiger partial charge in [0.05, 0.1) is 7.11 Å². The normalized spacial score (nSPS) is 12.4. The fourth-order valence-electron chi connectivity index (χ4n) is 2.05. The zero-order valence-electron chi connectivity index (χ0n) is 12.4. The van der Waals surface area contributed by atoms with E-state index in [1.165, 1.54) is 7.11 Å². The van der Waals surface area contributed by atoms with Crippen molar-refractivity contribution >= 4 is 17.6 Å². The molecule has 0 bridgehead atoms. The van der Waals surface area contributed by atoms with Crippen molar-refractivity contribution in [2.45, 2.75) is 19.9 Å². The first kappa shape index (κ1) is 17.0. The van der Waals surface area contributed by atoms with Gasteiger partial charge in [-0.05, 0) is 24.7 Å². The van der Waals surface area contributed by atoms with Gasteiger partial charge in [-0.25, -0.2) is 4.79 Å². The number of nitrogens with zero attached hydrogens (tertiary/aromatic N) is 1. The van der Waals surface area contributed by atoms with Crippen LogP contribution in [0.4, 0.5) is 0 Å². The summed E-state index contributed by atoms with van der Waals surface area (Å²) in [5, 5.41) is 3.79. The third-order valence-corrected chi connectivity index (χ3v) is 3.67. The highest BCUT2D eigenvalue weighted by Gasteiger charge is 2.22. The summed E-state index contributed by atoms with van der Waals surface area (Å²) in [6.45, 7) is 7.81. The molecule has 1 aromatic rings. The van der Waals surface area contributed by atoms with Gasteiger partial charge in [0, 0.05) is 18.1 Å². The van der Waals surface area contributed by atoms with Crippen LogP contribution < -0.4 is 5.32 Å². The zero-order valence-corrected chi connectivity index (χ0v) is 13.1. The number of ether oxygens (including phenoxy) is 1. The maximum Gasteiger partial charge on any atom is 0.327 e. The van der Waals surface area contributed by atoms with Crippen molar-refractivity contribution in [1.29, 1.82) is 0 Å². The number of esters is 1. The first-order valence-corrected chi connectivity index (χ1v) is 7.29. The van der Waals surface area contributed by atoms with Crippen molar-refractivity contribution in [2.24, 2.45) is 0 Å². The Bertz CT molecular complexity index is 422. The molecule has 0 saturated carbocycles. The van der Waals surface area contributed by atoms with Gasteiger partial charge in [-0.15, -0.1) is 0 Å². The third kappa shape index (κ3) is 4.78. The van der Waals surface area contributed by atoms with Gasteiger partial charge in [-0.2, -0.15) is 0 Å². The Hall–Kier alpha value is -1.10. The number of halogens is 1. The fourth-order valence-corrected chi connectivity index (χ4v) is 2.30. The number of hydrogen-bond donors (Lipinski definition) is 1. The summed E-state index contributed by atoms with van der Waals surface area (Å²) in [6, 6.07) is 6.80.